The van der Waals surface area contributed by atoms with Crippen LogP contribution >= 0.6 is 23.2 Å². The van der Waals surface area contributed by atoms with Crippen LogP contribution in [0.4, 0.5) is 52.7 Å². The lowest BCUT2D eigenvalue weighted by Gasteiger charge is -2.44. The lowest BCUT2D eigenvalue weighted by Crippen LogP contribution is -2.65. The van der Waals surface area contributed by atoms with Gasteiger partial charge < -0.3 is 0 Å². The first kappa shape index (κ1) is 25.8. The van der Waals surface area contributed by atoms with Crippen molar-refractivity contribution in [1.82, 2.24) is 0 Å². The van der Waals surface area contributed by atoms with Crippen molar-refractivity contribution >= 4 is 23.2 Å². The summed E-state index contributed by atoms with van der Waals surface area (Å²) >= 11 is 10.6. The second-order valence-corrected chi connectivity index (χ2v) is 9.09. The summed E-state index contributed by atoms with van der Waals surface area (Å²) < 4.78 is 156. The van der Waals surface area contributed by atoms with Crippen molar-refractivity contribution in [3.8, 4) is 0 Å². The SMILES string of the molecule is FC(F)(F)C1(Cl)C2C=CC(C2)C1(Cl)C(F)(F)F.FC(F)(F)OC1(F)C2C=CC(C2)C1(F)F. The monoisotopic (exact) mass is 530 g/mol. The van der Waals surface area contributed by atoms with E-state index in [-0.39, 0.29) is 12.8 Å². The zero-order valence-electron chi connectivity index (χ0n) is 15.2. The quantitative estimate of drug-likeness (QED) is 0.196. The van der Waals surface area contributed by atoms with E-state index in [0.717, 1.165) is 24.3 Å². The molecule has 0 spiro atoms. The van der Waals surface area contributed by atoms with E-state index in [1.54, 1.807) is 0 Å². The Morgan fingerprint density at radius 1 is 0.625 bits per heavy atom. The minimum Gasteiger partial charge on any atom is -0.247 e. The normalized spacial score (nSPS) is 44.2. The molecule has 2 fully saturated rings. The minimum absolute atomic E-state index is 0.327. The van der Waals surface area contributed by atoms with Crippen LogP contribution in [0.2, 0.25) is 0 Å². The minimum atomic E-state index is -5.41. The highest BCUT2D eigenvalue weighted by atomic mass is 35.5. The molecule has 2 saturated carbocycles. The van der Waals surface area contributed by atoms with Crippen molar-refractivity contribution in [3.05, 3.63) is 24.3 Å². The van der Waals surface area contributed by atoms with Gasteiger partial charge in [-0.2, -0.15) is 35.1 Å². The van der Waals surface area contributed by atoms with E-state index in [4.69, 9.17) is 23.2 Å². The van der Waals surface area contributed by atoms with Crippen LogP contribution in [0.25, 0.3) is 0 Å². The molecule has 15 heteroatoms. The van der Waals surface area contributed by atoms with E-state index in [1.807, 2.05) is 0 Å². The number of allylic oxidation sites excluding steroid dienone is 3. The number of hydrogen-bond acceptors (Lipinski definition) is 1. The molecule has 4 aliphatic rings. The first-order valence-corrected chi connectivity index (χ1v) is 9.60. The van der Waals surface area contributed by atoms with Crippen molar-refractivity contribution in [3.63, 3.8) is 0 Å². The van der Waals surface area contributed by atoms with Crippen molar-refractivity contribution in [2.75, 3.05) is 0 Å². The van der Waals surface area contributed by atoms with Gasteiger partial charge in [0.15, 0.2) is 9.75 Å². The topological polar surface area (TPSA) is 9.23 Å². The average molecular weight is 531 g/mol. The third-order valence-electron chi connectivity index (χ3n) is 6.20. The molecule has 0 aromatic heterocycles. The Labute approximate surface area is 182 Å². The molecular weight excluding hydrogens is 519 g/mol. The van der Waals surface area contributed by atoms with Crippen molar-refractivity contribution in [2.45, 2.75) is 53.1 Å². The molecule has 7 atom stereocenters. The summed E-state index contributed by atoms with van der Waals surface area (Å²) in [6.07, 6.45) is -12.4. The van der Waals surface area contributed by atoms with Crippen LogP contribution in [0.5, 0.6) is 0 Å². The number of hydrogen-bond donors (Lipinski definition) is 0. The summed E-state index contributed by atoms with van der Waals surface area (Å²) in [6, 6.07) is 0. The van der Waals surface area contributed by atoms with Gasteiger partial charge in [0.05, 0.1) is 0 Å². The van der Waals surface area contributed by atoms with E-state index < -0.39 is 63.9 Å². The van der Waals surface area contributed by atoms with Gasteiger partial charge >= 0.3 is 24.6 Å². The Hall–Kier alpha value is -0.820. The van der Waals surface area contributed by atoms with Gasteiger partial charge in [-0.1, -0.05) is 24.3 Å². The van der Waals surface area contributed by atoms with E-state index in [2.05, 4.69) is 4.74 Å². The molecule has 7 unspecified atom stereocenters. The Morgan fingerprint density at radius 3 is 1.28 bits per heavy atom. The molecular formula is C17H12Cl2F12O. The summed E-state index contributed by atoms with van der Waals surface area (Å²) in [4.78, 5) is -6.97. The van der Waals surface area contributed by atoms with Gasteiger partial charge in [0.2, 0.25) is 0 Å². The molecule has 0 saturated heterocycles. The van der Waals surface area contributed by atoms with Gasteiger partial charge in [-0.3, -0.25) is 0 Å². The molecule has 1 nitrogen and oxygen atoms in total. The summed E-state index contributed by atoms with van der Waals surface area (Å²) in [7, 11) is 0. The predicted octanol–water partition coefficient (Wildman–Crippen LogP) is 7.30. The fourth-order valence-electron chi connectivity index (χ4n) is 4.72. The van der Waals surface area contributed by atoms with Gasteiger partial charge in [-0.15, -0.1) is 36.4 Å². The van der Waals surface area contributed by atoms with E-state index in [9.17, 15) is 52.7 Å². The molecule has 0 N–H and O–H groups in total. The molecule has 4 rings (SSSR count). The third kappa shape index (κ3) is 3.35. The highest BCUT2D eigenvalue weighted by Gasteiger charge is 2.84. The van der Waals surface area contributed by atoms with E-state index in [1.165, 1.54) is 0 Å². The highest BCUT2D eigenvalue weighted by molar-refractivity contribution is 6.37. The van der Waals surface area contributed by atoms with Crippen LogP contribution < -0.4 is 0 Å². The van der Waals surface area contributed by atoms with Gasteiger partial charge in [0.25, 0.3) is 5.85 Å². The first-order chi connectivity index (χ1) is 14.1. The Kier molecular flexibility index (Phi) is 5.72. The van der Waals surface area contributed by atoms with E-state index in [0.29, 0.717) is 0 Å². The zero-order valence-corrected chi connectivity index (χ0v) is 16.7. The standard InChI is InChI=1S/C9H6Cl2F6.C8H6F6O/c10-6(8(12,13)14)4-1-2-5(3-4)7(6,11)9(15,16)17;9-6(10)4-1-2-5(3-4)7(6,11)15-8(12,13)14/h1-2,4-5H,3H2;1-2,4-5H,3H2. The fourth-order valence-corrected chi connectivity index (χ4v) is 5.54. The lowest BCUT2D eigenvalue weighted by molar-refractivity contribution is -0.431. The van der Waals surface area contributed by atoms with Gasteiger partial charge in [-0.05, 0) is 12.8 Å². The van der Waals surface area contributed by atoms with Crippen LogP contribution in [-0.2, 0) is 4.74 Å². The van der Waals surface area contributed by atoms with Crippen molar-refractivity contribution in [2.24, 2.45) is 23.7 Å². The first-order valence-electron chi connectivity index (χ1n) is 8.84. The Balaban J connectivity index is 0.000000182. The molecule has 4 aliphatic carbocycles. The molecule has 0 aromatic rings. The van der Waals surface area contributed by atoms with Crippen molar-refractivity contribution in [1.29, 1.82) is 0 Å². The van der Waals surface area contributed by atoms with Crippen LogP contribution in [0, 0.1) is 23.7 Å². The van der Waals surface area contributed by atoms with Crippen LogP contribution in [-0.4, -0.2) is 40.2 Å². The molecule has 0 aliphatic heterocycles. The predicted molar refractivity (Wildman–Crippen MR) is 86.7 cm³/mol. The summed E-state index contributed by atoms with van der Waals surface area (Å²) in [5.41, 5.74) is 0. The third-order valence-corrected chi connectivity index (χ3v) is 7.89. The fraction of sp³-hybridized carbons (Fsp3) is 0.765. The van der Waals surface area contributed by atoms with E-state index >= 15 is 0 Å². The molecule has 0 aromatic carbocycles. The maximum Gasteiger partial charge on any atom is 0.525 e. The summed E-state index contributed by atoms with van der Waals surface area (Å²) in [6.45, 7) is 0. The average Bonchev–Trinajstić information content (AvgIpc) is 3.31. The summed E-state index contributed by atoms with van der Waals surface area (Å²) in [5, 5.41) is 0. The second kappa shape index (κ2) is 7.10. The van der Waals surface area contributed by atoms with Gasteiger partial charge in [0, 0.05) is 23.7 Å². The van der Waals surface area contributed by atoms with Crippen LogP contribution in [0.1, 0.15) is 12.8 Å². The summed E-state index contributed by atoms with van der Waals surface area (Å²) in [5.74, 6) is -14.0. The molecule has 184 valence electrons. The largest absolute Gasteiger partial charge is 0.525 e. The molecule has 0 amide bonds. The lowest BCUT2D eigenvalue weighted by atomic mass is 9.80. The second-order valence-electron chi connectivity index (χ2n) is 7.90. The van der Waals surface area contributed by atoms with Gasteiger partial charge in [-0.25, -0.2) is 9.13 Å². The number of rotatable bonds is 1. The van der Waals surface area contributed by atoms with Crippen LogP contribution in [0.3, 0.4) is 0 Å². The number of halogens is 14. The van der Waals surface area contributed by atoms with Crippen LogP contribution in [0.15, 0.2) is 24.3 Å². The molecule has 0 heterocycles. The highest BCUT2D eigenvalue weighted by Crippen LogP contribution is 2.69. The maximum atomic E-state index is 13.5. The Bertz CT molecular complexity index is 784. The van der Waals surface area contributed by atoms with Gasteiger partial charge in [0.1, 0.15) is 0 Å². The zero-order chi connectivity index (χ0) is 24.8. The molecule has 32 heavy (non-hydrogen) atoms. The molecule has 4 bridgehead atoms. The van der Waals surface area contributed by atoms with Crippen molar-refractivity contribution < 1.29 is 57.4 Å². The Morgan fingerprint density at radius 2 is 0.969 bits per heavy atom. The number of fused-ring (bicyclic) bond motifs is 4. The number of alkyl halides is 14. The maximum absolute atomic E-state index is 13.5. The smallest absolute Gasteiger partial charge is 0.247 e. The molecule has 0 radical (unpaired) electrons. The number of ether oxygens (including phenoxy) is 1.